The molecular formula is C15H21N3O2S. The van der Waals surface area contributed by atoms with Crippen LogP contribution in [-0.2, 0) is 9.59 Å². The van der Waals surface area contributed by atoms with Crippen molar-refractivity contribution < 1.29 is 9.59 Å². The summed E-state index contributed by atoms with van der Waals surface area (Å²) in [5.41, 5.74) is 0.997. The van der Waals surface area contributed by atoms with Gasteiger partial charge < -0.3 is 9.80 Å². The minimum absolute atomic E-state index is 0.00273. The fourth-order valence-corrected chi connectivity index (χ4v) is 4.44. The number of nitrogens with zero attached hydrogens (tertiary/aromatic N) is 3. The van der Waals surface area contributed by atoms with E-state index in [9.17, 15) is 9.59 Å². The van der Waals surface area contributed by atoms with Crippen LogP contribution in [0.4, 0.5) is 0 Å². The molecule has 2 saturated heterocycles. The summed E-state index contributed by atoms with van der Waals surface area (Å²) < 4.78 is 0. The fraction of sp³-hybridized carbons (Fsp3) is 0.667. The predicted molar refractivity (Wildman–Crippen MR) is 81.1 cm³/mol. The monoisotopic (exact) mass is 307 g/mol. The van der Waals surface area contributed by atoms with Crippen LogP contribution in [0.2, 0.25) is 0 Å². The van der Waals surface area contributed by atoms with Crippen molar-refractivity contribution in [2.24, 2.45) is 0 Å². The molecule has 114 valence electrons. The molecule has 2 amide bonds. The number of hydrogen-bond acceptors (Lipinski definition) is 4. The third-order valence-corrected chi connectivity index (χ3v) is 5.74. The molecule has 5 nitrogen and oxygen atoms in total. The molecule has 2 aliphatic rings. The van der Waals surface area contributed by atoms with Crippen molar-refractivity contribution in [3.8, 4) is 0 Å². The van der Waals surface area contributed by atoms with E-state index in [1.165, 1.54) is 0 Å². The van der Waals surface area contributed by atoms with Gasteiger partial charge in [0.05, 0.1) is 16.7 Å². The Kier molecular flexibility index (Phi) is 3.73. The van der Waals surface area contributed by atoms with E-state index in [-0.39, 0.29) is 23.9 Å². The summed E-state index contributed by atoms with van der Waals surface area (Å²) in [6, 6.07) is -0.242. The molecule has 0 radical (unpaired) electrons. The highest BCUT2D eigenvalue weighted by Gasteiger charge is 2.41. The number of rotatable bonds is 2. The van der Waals surface area contributed by atoms with Gasteiger partial charge in [-0.05, 0) is 33.6 Å². The van der Waals surface area contributed by atoms with E-state index >= 15 is 0 Å². The first-order valence-corrected chi connectivity index (χ1v) is 8.34. The zero-order chi connectivity index (χ0) is 15.1. The van der Waals surface area contributed by atoms with Gasteiger partial charge >= 0.3 is 0 Å². The first kappa shape index (κ1) is 14.5. The van der Waals surface area contributed by atoms with Crippen LogP contribution in [0.5, 0.6) is 0 Å². The smallest absolute Gasteiger partial charge is 0.245 e. The second kappa shape index (κ2) is 5.40. The van der Waals surface area contributed by atoms with Gasteiger partial charge in [0, 0.05) is 24.4 Å². The van der Waals surface area contributed by atoms with Gasteiger partial charge in [-0.1, -0.05) is 0 Å². The van der Waals surface area contributed by atoms with E-state index < -0.39 is 0 Å². The van der Waals surface area contributed by atoms with Gasteiger partial charge in [-0.25, -0.2) is 4.98 Å². The van der Waals surface area contributed by atoms with Gasteiger partial charge in [0.1, 0.15) is 6.04 Å². The van der Waals surface area contributed by atoms with Crippen molar-refractivity contribution in [3.05, 3.63) is 15.6 Å². The molecule has 3 heterocycles. The molecule has 2 fully saturated rings. The second-order valence-corrected chi connectivity index (χ2v) is 7.12. The molecule has 2 atom stereocenters. The van der Waals surface area contributed by atoms with E-state index in [2.05, 4.69) is 4.98 Å². The predicted octanol–water partition coefficient (Wildman–Crippen LogP) is 2.04. The third-order valence-electron chi connectivity index (χ3n) is 4.49. The third kappa shape index (κ3) is 2.46. The Balaban J connectivity index is 1.89. The van der Waals surface area contributed by atoms with Crippen LogP contribution in [0.3, 0.4) is 0 Å². The van der Waals surface area contributed by atoms with Crippen molar-refractivity contribution >= 4 is 23.2 Å². The first-order chi connectivity index (χ1) is 9.99. The Morgan fingerprint density at radius 1 is 1.29 bits per heavy atom. The molecule has 2 aliphatic heterocycles. The summed E-state index contributed by atoms with van der Waals surface area (Å²) in [4.78, 5) is 34.2. The van der Waals surface area contributed by atoms with E-state index in [0.717, 1.165) is 35.0 Å². The van der Waals surface area contributed by atoms with Gasteiger partial charge in [0.25, 0.3) is 0 Å². The Labute approximate surface area is 129 Å². The van der Waals surface area contributed by atoms with Gasteiger partial charge in [0.15, 0.2) is 0 Å². The topological polar surface area (TPSA) is 53.5 Å². The van der Waals surface area contributed by atoms with E-state index in [1.54, 1.807) is 16.2 Å². The molecule has 0 bridgehead atoms. The molecule has 3 rings (SSSR count). The molecule has 0 N–H and O–H groups in total. The van der Waals surface area contributed by atoms with Gasteiger partial charge in [-0.15, -0.1) is 11.3 Å². The summed E-state index contributed by atoms with van der Waals surface area (Å²) in [6.45, 7) is 7.27. The zero-order valence-corrected chi connectivity index (χ0v) is 13.6. The number of carbonyl (C=O) groups excluding carboxylic acids is 2. The highest BCUT2D eigenvalue weighted by atomic mass is 32.1. The Hall–Kier alpha value is -1.43. The van der Waals surface area contributed by atoms with Gasteiger partial charge in [-0.3, -0.25) is 9.59 Å². The second-order valence-electron chi connectivity index (χ2n) is 5.89. The van der Waals surface area contributed by atoms with Crippen molar-refractivity contribution in [2.45, 2.75) is 52.1 Å². The van der Waals surface area contributed by atoms with Gasteiger partial charge in [0.2, 0.25) is 11.8 Å². The van der Waals surface area contributed by atoms with Crippen molar-refractivity contribution in [3.63, 3.8) is 0 Å². The Morgan fingerprint density at radius 3 is 2.71 bits per heavy atom. The number of aryl methyl sites for hydroxylation is 2. The lowest BCUT2D eigenvalue weighted by Crippen LogP contribution is -2.44. The Bertz CT molecular complexity index is 583. The van der Waals surface area contributed by atoms with Crippen LogP contribution in [0.15, 0.2) is 0 Å². The normalized spacial score (nSPS) is 24.2. The molecule has 0 spiro atoms. The van der Waals surface area contributed by atoms with Crippen molar-refractivity contribution in [1.82, 2.24) is 14.8 Å². The van der Waals surface area contributed by atoms with Gasteiger partial charge in [-0.2, -0.15) is 0 Å². The molecule has 1 aromatic heterocycles. The maximum absolute atomic E-state index is 12.8. The summed E-state index contributed by atoms with van der Waals surface area (Å²) in [7, 11) is 0. The van der Waals surface area contributed by atoms with Crippen LogP contribution in [0, 0.1) is 13.8 Å². The average molecular weight is 307 g/mol. The molecular weight excluding hydrogens is 286 g/mol. The molecule has 0 aromatic carbocycles. The minimum atomic E-state index is -0.239. The Morgan fingerprint density at radius 2 is 2.05 bits per heavy atom. The molecule has 2 unspecified atom stereocenters. The highest BCUT2D eigenvalue weighted by molar-refractivity contribution is 7.11. The zero-order valence-electron chi connectivity index (χ0n) is 12.8. The number of carbonyl (C=O) groups is 2. The maximum Gasteiger partial charge on any atom is 0.245 e. The van der Waals surface area contributed by atoms with Crippen LogP contribution < -0.4 is 0 Å². The quantitative estimate of drug-likeness (QED) is 0.840. The number of aromatic nitrogens is 1. The lowest BCUT2D eigenvalue weighted by atomic mass is 10.1. The van der Waals surface area contributed by atoms with Crippen LogP contribution in [0.25, 0.3) is 0 Å². The highest BCUT2D eigenvalue weighted by Crippen LogP contribution is 2.33. The van der Waals surface area contributed by atoms with E-state index in [1.807, 2.05) is 25.7 Å². The summed E-state index contributed by atoms with van der Waals surface area (Å²) in [5, 5.41) is 1.02. The first-order valence-electron chi connectivity index (χ1n) is 7.53. The summed E-state index contributed by atoms with van der Waals surface area (Å²) >= 11 is 1.65. The molecule has 21 heavy (non-hydrogen) atoms. The number of thiazole rings is 1. The van der Waals surface area contributed by atoms with E-state index in [4.69, 9.17) is 0 Å². The largest absolute Gasteiger partial charge is 0.333 e. The lowest BCUT2D eigenvalue weighted by molar-refractivity contribution is -0.140. The van der Waals surface area contributed by atoms with Crippen LogP contribution in [-0.4, -0.2) is 45.7 Å². The summed E-state index contributed by atoms with van der Waals surface area (Å²) in [6.07, 6.45) is 2.17. The fourth-order valence-electron chi connectivity index (χ4n) is 3.44. The van der Waals surface area contributed by atoms with Crippen molar-refractivity contribution in [2.75, 3.05) is 13.1 Å². The lowest BCUT2D eigenvalue weighted by Gasteiger charge is -2.30. The summed E-state index contributed by atoms with van der Waals surface area (Å²) in [5.74, 6) is 0.231. The van der Waals surface area contributed by atoms with Crippen molar-refractivity contribution in [1.29, 1.82) is 0 Å². The number of fused-ring (bicyclic) bond motifs is 1. The molecule has 0 aliphatic carbocycles. The van der Waals surface area contributed by atoms with Crippen LogP contribution in [0.1, 0.15) is 47.8 Å². The SMILES string of the molecule is Cc1nc(C)c(C(C)N2CCC(=O)N3CCCC3C2=O)s1. The van der Waals surface area contributed by atoms with E-state index in [0.29, 0.717) is 13.0 Å². The molecule has 0 saturated carbocycles. The molecule has 1 aromatic rings. The standard InChI is InChI=1S/C15H21N3O2S/c1-9-14(21-11(3)16-9)10(2)17-8-6-13(19)18-7-4-5-12(18)15(17)20/h10,12H,4-8H2,1-3H3. The number of amides is 2. The number of hydrogen-bond donors (Lipinski definition) is 0. The molecule has 6 heteroatoms. The minimum Gasteiger partial charge on any atom is -0.333 e. The maximum atomic E-state index is 12.8. The average Bonchev–Trinajstić information content (AvgIpc) is 3.02. The van der Waals surface area contributed by atoms with Crippen LogP contribution >= 0.6 is 11.3 Å².